The molecule has 1 rings (SSSR count). The lowest BCUT2D eigenvalue weighted by molar-refractivity contribution is 0.206. The lowest BCUT2D eigenvalue weighted by atomic mass is 10.2. The van der Waals surface area contributed by atoms with Crippen molar-refractivity contribution in [1.29, 1.82) is 5.26 Å². The van der Waals surface area contributed by atoms with Gasteiger partial charge in [-0.3, -0.25) is 4.90 Å². The van der Waals surface area contributed by atoms with Gasteiger partial charge in [0.15, 0.2) is 0 Å². The quantitative estimate of drug-likeness (QED) is 0.793. The fourth-order valence-corrected chi connectivity index (χ4v) is 1.85. The highest BCUT2D eigenvalue weighted by molar-refractivity contribution is 6.30. The van der Waals surface area contributed by atoms with Crippen molar-refractivity contribution in [3.05, 3.63) is 28.8 Å². The fourth-order valence-electron chi connectivity index (χ4n) is 1.68. The van der Waals surface area contributed by atoms with Gasteiger partial charge in [-0.05, 0) is 24.7 Å². The Hall–Kier alpha value is -1.28. The smallest absolute Gasteiger partial charge is 0.101 e. The topological polar surface area (TPSA) is 59.3 Å². The van der Waals surface area contributed by atoms with E-state index in [-0.39, 0.29) is 6.61 Å². The Bertz CT molecular complexity index is 417. The van der Waals surface area contributed by atoms with E-state index in [0.29, 0.717) is 17.1 Å². The summed E-state index contributed by atoms with van der Waals surface area (Å²) in [5.74, 6) is 0. The molecular formula is C13H18ClN3O. The highest BCUT2D eigenvalue weighted by Gasteiger charge is 2.04. The summed E-state index contributed by atoms with van der Waals surface area (Å²) in [6.07, 6.45) is 0. The molecule has 0 amide bonds. The first-order valence-corrected chi connectivity index (χ1v) is 6.35. The molecule has 0 bridgehead atoms. The molecule has 0 atom stereocenters. The van der Waals surface area contributed by atoms with E-state index < -0.39 is 0 Å². The van der Waals surface area contributed by atoms with E-state index in [1.807, 2.05) is 6.07 Å². The van der Waals surface area contributed by atoms with Crippen LogP contribution in [0.15, 0.2) is 18.2 Å². The van der Waals surface area contributed by atoms with Gasteiger partial charge in [0, 0.05) is 24.7 Å². The third-order valence-corrected chi connectivity index (χ3v) is 2.94. The number of nitrogens with zero attached hydrogens (tertiary/aromatic N) is 2. The number of hydrogen-bond acceptors (Lipinski definition) is 4. The predicted octanol–water partition coefficient (Wildman–Crippen LogP) is 1.94. The minimum absolute atomic E-state index is 0.165. The zero-order chi connectivity index (χ0) is 13.4. The zero-order valence-electron chi connectivity index (χ0n) is 10.5. The molecule has 0 radical (unpaired) electrons. The Balaban J connectivity index is 2.51. The third kappa shape index (κ3) is 4.53. The van der Waals surface area contributed by atoms with Gasteiger partial charge >= 0.3 is 0 Å². The van der Waals surface area contributed by atoms with Crippen molar-refractivity contribution >= 4 is 17.3 Å². The van der Waals surface area contributed by atoms with E-state index >= 15 is 0 Å². The Kier molecular flexibility index (Phi) is 6.51. The van der Waals surface area contributed by atoms with Crippen LogP contribution in [0.3, 0.4) is 0 Å². The SMILES string of the molecule is CCN(CCO)CCNc1ccc(Cl)cc1C#N. The largest absolute Gasteiger partial charge is 0.395 e. The van der Waals surface area contributed by atoms with Gasteiger partial charge in [-0.2, -0.15) is 5.26 Å². The standard InChI is InChI=1S/C13H18ClN3O/c1-2-17(7-8-18)6-5-16-13-4-3-12(14)9-11(13)10-15/h3-4,9,16,18H,2,5-8H2,1H3. The number of benzene rings is 1. The molecule has 0 fully saturated rings. The summed E-state index contributed by atoms with van der Waals surface area (Å²) in [6, 6.07) is 7.33. The minimum atomic E-state index is 0.165. The summed E-state index contributed by atoms with van der Waals surface area (Å²) in [6.45, 7) is 5.34. The number of nitrogens with one attached hydrogen (secondary N) is 1. The van der Waals surface area contributed by atoms with Gasteiger partial charge in [0.05, 0.1) is 17.9 Å². The molecule has 4 nitrogen and oxygen atoms in total. The number of anilines is 1. The number of hydrogen-bond donors (Lipinski definition) is 2. The van der Waals surface area contributed by atoms with Crippen molar-refractivity contribution in [2.45, 2.75) is 6.92 Å². The van der Waals surface area contributed by atoms with Crippen LogP contribution in [0.5, 0.6) is 0 Å². The number of likely N-dealkylation sites (N-methyl/N-ethyl adjacent to an activating group) is 1. The average Bonchev–Trinajstić information content (AvgIpc) is 2.39. The van der Waals surface area contributed by atoms with Gasteiger partial charge in [0.25, 0.3) is 0 Å². The molecule has 0 saturated heterocycles. The van der Waals surface area contributed by atoms with Crippen LogP contribution in [-0.4, -0.2) is 42.8 Å². The normalized spacial score (nSPS) is 10.4. The molecule has 0 aliphatic carbocycles. The summed E-state index contributed by atoms with van der Waals surface area (Å²) in [7, 11) is 0. The van der Waals surface area contributed by atoms with E-state index in [1.165, 1.54) is 0 Å². The summed E-state index contributed by atoms with van der Waals surface area (Å²) in [5.41, 5.74) is 1.34. The lowest BCUT2D eigenvalue weighted by Crippen LogP contribution is -2.31. The third-order valence-electron chi connectivity index (χ3n) is 2.71. The number of rotatable bonds is 7. The maximum atomic E-state index is 8.99. The number of aliphatic hydroxyl groups is 1. The van der Waals surface area contributed by atoms with Crippen LogP contribution in [0.4, 0.5) is 5.69 Å². The minimum Gasteiger partial charge on any atom is -0.395 e. The summed E-state index contributed by atoms with van der Waals surface area (Å²) >= 11 is 5.83. The molecule has 1 aromatic rings. The molecule has 0 unspecified atom stereocenters. The molecule has 98 valence electrons. The number of nitriles is 1. The van der Waals surface area contributed by atoms with Gasteiger partial charge in [-0.1, -0.05) is 18.5 Å². The van der Waals surface area contributed by atoms with Crippen molar-refractivity contribution in [3.63, 3.8) is 0 Å². The highest BCUT2D eigenvalue weighted by Crippen LogP contribution is 2.19. The van der Waals surface area contributed by atoms with Crippen LogP contribution < -0.4 is 5.32 Å². The molecule has 0 spiro atoms. The molecule has 0 saturated carbocycles. The van der Waals surface area contributed by atoms with Gasteiger partial charge < -0.3 is 10.4 Å². The molecular weight excluding hydrogens is 250 g/mol. The molecule has 2 N–H and O–H groups in total. The van der Waals surface area contributed by atoms with E-state index in [9.17, 15) is 0 Å². The zero-order valence-corrected chi connectivity index (χ0v) is 11.2. The maximum Gasteiger partial charge on any atom is 0.101 e. The second-order valence-corrected chi connectivity index (χ2v) is 4.32. The van der Waals surface area contributed by atoms with Crippen molar-refractivity contribution in [2.75, 3.05) is 38.1 Å². The molecule has 0 aliphatic rings. The second kappa shape index (κ2) is 7.93. The van der Waals surface area contributed by atoms with Crippen LogP contribution >= 0.6 is 11.6 Å². The van der Waals surface area contributed by atoms with E-state index in [0.717, 1.165) is 25.3 Å². The Morgan fingerprint density at radius 2 is 2.22 bits per heavy atom. The van der Waals surface area contributed by atoms with Crippen LogP contribution in [0.25, 0.3) is 0 Å². The predicted molar refractivity (Wildman–Crippen MR) is 73.9 cm³/mol. The van der Waals surface area contributed by atoms with Crippen LogP contribution in [-0.2, 0) is 0 Å². The van der Waals surface area contributed by atoms with E-state index in [2.05, 4.69) is 23.2 Å². The van der Waals surface area contributed by atoms with Crippen molar-refractivity contribution in [2.24, 2.45) is 0 Å². The number of halogens is 1. The highest BCUT2D eigenvalue weighted by atomic mass is 35.5. The first-order chi connectivity index (χ1) is 8.71. The average molecular weight is 268 g/mol. The van der Waals surface area contributed by atoms with Crippen LogP contribution in [0.2, 0.25) is 5.02 Å². The molecule has 0 aromatic heterocycles. The van der Waals surface area contributed by atoms with Crippen molar-refractivity contribution in [3.8, 4) is 6.07 Å². The first kappa shape index (κ1) is 14.8. The fraction of sp³-hybridized carbons (Fsp3) is 0.462. The molecule has 1 aromatic carbocycles. The monoisotopic (exact) mass is 267 g/mol. The summed E-state index contributed by atoms with van der Waals surface area (Å²) < 4.78 is 0. The molecule has 18 heavy (non-hydrogen) atoms. The Morgan fingerprint density at radius 1 is 1.44 bits per heavy atom. The van der Waals surface area contributed by atoms with Crippen LogP contribution in [0, 0.1) is 11.3 Å². The lowest BCUT2D eigenvalue weighted by Gasteiger charge is -2.19. The molecule has 0 aliphatic heterocycles. The van der Waals surface area contributed by atoms with Gasteiger partial charge in [0.2, 0.25) is 0 Å². The van der Waals surface area contributed by atoms with Crippen LogP contribution in [0.1, 0.15) is 12.5 Å². The van der Waals surface area contributed by atoms with Gasteiger partial charge in [0.1, 0.15) is 6.07 Å². The Labute approximate surface area is 113 Å². The Morgan fingerprint density at radius 3 is 2.83 bits per heavy atom. The van der Waals surface area contributed by atoms with Gasteiger partial charge in [-0.15, -0.1) is 0 Å². The van der Waals surface area contributed by atoms with Crippen molar-refractivity contribution in [1.82, 2.24) is 4.90 Å². The summed E-state index contributed by atoms with van der Waals surface area (Å²) in [4.78, 5) is 2.13. The van der Waals surface area contributed by atoms with Gasteiger partial charge in [-0.25, -0.2) is 0 Å². The first-order valence-electron chi connectivity index (χ1n) is 5.98. The molecule has 5 heteroatoms. The number of aliphatic hydroxyl groups excluding tert-OH is 1. The van der Waals surface area contributed by atoms with Crippen molar-refractivity contribution < 1.29 is 5.11 Å². The van der Waals surface area contributed by atoms with E-state index in [1.54, 1.807) is 12.1 Å². The summed E-state index contributed by atoms with van der Waals surface area (Å²) in [5, 5.41) is 21.6. The van der Waals surface area contributed by atoms with E-state index in [4.69, 9.17) is 22.0 Å². The second-order valence-electron chi connectivity index (χ2n) is 3.89. The maximum absolute atomic E-state index is 8.99. The molecule has 0 heterocycles.